The lowest BCUT2D eigenvalue weighted by Gasteiger charge is -2.38. The number of esters is 1. The molecule has 208 valence electrons. The molecule has 0 saturated carbocycles. The SMILES string of the molecule is CCCOC(=O)C(C)(C)NP(=O)(CO[C@H](C)Cn1cnc2c(N)ncnc21)N(C)[C@H](C)c1ccc(Cl)cc1. The molecule has 3 rings (SSSR count). The zero-order valence-corrected chi connectivity index (χ0v) is 24.4. The Hall–Kier alpha value is -2.56. The molecule has 3 atom stereocenters. The Kier molecular flexibility index (Phi) is 9.89. The summed E-state index contributed by atoms with van der Waals surface area (Å²) in [6.07, 6.45) is 3.17. The van der Waals surface area contributed by atoms with Crippen molar-refractivity contribution in [1.29, 1.82) is 0 Å². The molecule has 3 aromatic rings. The van der Waals surface area contributed by atoms with Gasteiger partial charge in [-0.05, 0) is 58.9 Å². The standard InChI is InChI=1S/C25H37ClN7O4P/c1-7-12-36-24(34)25(4,5)31-38(35,32(6)18(3)19-8-10-20(26)11-9-19)16-37-17(2)13-33-15-30-21-22(27)28-14-29-23(21)33/h8-11,14-15,17-18H,7,12-13,16H2,1-6H3,(H,31,35)(H2,27,28,29)/t17-,18-,38?/m1/s1. The largest absolute Gasteiger partial charge is 0.464 e. The molecule has 11 nitrogen and oxygen atoms in total. The molecule has 0 aliphatic heterocycles. The van der Waals surface area contributed by atoms with Crippen LogP contribution < -0.4 is 10.8 Å². The number of rotatable bonds is 13. The van der Waals surface area contributed by atoms with Gasteiger partial charge in [0.15, 0.2) is 11.5 Å². The predicted molar refractivity (Wildman–Crippen MR) is 149 cm³/mol. The molecule has 1 unspecified atom stereocenters. The fourth-order valence-electron chi connectivity index (χ4n) is 3.89. The van der Waals surface area contributed by atoms with Gasteiger partial charge in [0, 0.05) is 11.1 Å². The Balaban J connectivity index is 1.81. The number of nitrogens with zero attached hydrogens (tertiary/aromatic N) is 5. The number of nitrogen functional groups attached to an aromatic ring is 1. The molecule has 3 N–H and O–H groups in total. The van der Waals surface area contributed by atoms with E-state index >= 15 is 0 Å². The number of anilines is 1. The first-order valence-electron chi connectivity index (χ1n) is 12.5. The predicted octanol–water partition coefficient (Wildman–Crippen LogP) is 4.63. The van der Waals surface area contributed by atoms with Crippen LogP contribution in [0.5, 0.6) is 0 Å². The van der Waals surface area contributed by atoms with Crippen molar-refractivity contribution in [3.05, 3.63) is 47.5 Å². The first kappa shape index (κ1) is 30.0. The van der Waals surface area contributed by atoms with Gasteiger partial charge in [0.25, 0.3) is 0 Å². The average molecular weight is 566 g/mol. The van der Waals surface area contributed by atoms with E-state index in [0.29, 0.717) is 35.0 Å². The van der Waals surface area contributed by atoms with Crippen LogP contribution in [-0.2, 0) is 25.4 Å². The summed E-state index contributed by atoms with van der Waals surface area (Å²) in [6.45, 7) is 9.71. The van der Waals surface area contributed by atoms with E-state index in [0.717, 1.165) is 5.56 Å². The van der Waals surface area contributed by atoms with Crippen molar-refractivity contribution in [3.63, 3.8) is 0 Å². The van der Waals surface area contributed by atoms with E-state index in [-0.39, 0.29) is 25.1 Å². The van der Waals surface area contributed by atoms with E-state index in [1.54, 1.807) is 44.0 Å². The van der Waals surface area contributed by atoms with Gasteiger partial charge in [-0.25, -0.2) is 24.7 Å². The van der Waals surface area contributed by atoms with E-state index in [4.69, 9.17) is 26.8 Å². The maximum atomic E-state index is 14.6. The van der Waals surface area contributed by atoms with Gasteiger partial charge in [-0.2, -0.15) is 0 Å². The summed E-state index contributed by atoms with van der Waals surface area (Å²) >= 11 is 6.06. The number of hydrogen-bond donors (Lipinski definition) is 2. The Morgan fingerprint density at radius 1 is 1.24 bits per heavy atom. The lowest BCUT2D eigenvalue weighted by molar-refractivity contribution is -0.149. The third-order valence-electron chi connectivity index (χ3n) is 6.24. The topological polar surface area (TPSA) is 137 Å². The quantitative estimate of drug-likeness (QED) is 0.223. The number of carbonyl (C=O) groups is 1. The van der Waals surface area contributed by atoms with Gasteiger partial charge in [-0.3, -0.25) is 9.36 Å². The van der Waals surface area contributed by atoms with E-state index in [1.807, 2.05) is 37.5 Å². The fourth-order valence-corrected chi connectivity index (χ4v) is 6.53. The van der Waals surface area contributed by atoms with Crippen molar-refractivity contribution in [2.45, 2.75) is 65.3 Å². The zero-order chi connectivity index (χ0) is 28.1. The average Bonchev–Trinajstić information content (AvgIpc) is 3.29. The number of benzene rings is 1. The molecule has 0 amide bonds. The second kappa shape index (κ2) is 12.5. The normalized spacial score (nSPS) is 15.4. The van der Waals surface area contributed by atoms with Crippen molar-refractivity contribution in [2.75, 3.05) is 25.7 Å². The number of hydrogen-bond acceptors (Lipinski definition) is 8. The van der Waals surface area contributed by atoms with Gasteiger partial charge in [-0.15, -0.1) is 0 Å². The Morgan fingerprint density at radius 2 is 1.92 bits per heavy atom. The molecule has 13 heteroatoms. The lowest BCUT2D eigenvalue weighted by atomic mass is 10.1. The van der Waals surface area contributed by atoms with Crippen LogP contribution in [0.3, 0.4) is 0 Å². The molecular formula is C25H37ClN7O4P. The highest BCUT2D eigenvalue weighted by atomic mass is 35.5. The summed E-state index contributed by atoms with van der Waals surface area (Å²) in [7, 11) is -1.75. The van der Waals surface area contributed by atoms with Crippen molar-refractivity contribution in [1.82, 2.24) is 29.3 Å². The van der Waals surface area contributed by atoms with Gasteiger partial charge in [0.2, 0.25) is 7.44 Å². The number of nitrogens with one attached hydrogen (secondary N) is 1. The summed E-state index contributed by atoms with van der Waals surface area (Å²) in [6, 6.07) is 7.07. The van der Waals surface area contributed by atoms with Gasteiger partial charge in [-0.1, -0.05) is 30.7 Å². The summed E-state index contributed by atoms with van der Waals surface area (Å²) in [4.78, 5) is 25.3. The maximum Gasteiger partial charge on any atom is 0.326 e. The number of carbonyl (C=O) groups excluding carboxylic acids is 1. The van der Waals surface area contributed by atoms with Crippen LogP contribution in [0.1, 0.15) is 52.6 Å². The highest BCUT2D eigenvalue weighted by Crippen LogP contribution is 2.51. The van der Waals surface area contributed by atoms with Crippen LogP contribution in [0.4, 0.5) is 5.82 Å². The summed E-state index contributed by atoms with van der Waals surface area (Å²) in [5.41, 5.74) is 6.68. The molecule has 0 aliphatic carbocycles. The Labute approximate surface area is 228 Å². The number of fused-ring (bicyclic) bond motifs is 1. The Bertz CT molecular complexity index is 1280. The molecule has 0 radical (unpaired) electrons. The van der Waals surface area contributed by atoms with Crippen LogP contribution >= 0.6 is 19.0 Å². The summed E-state index contributed by atoms with van der Waals surface area (Å²) in [5.74, 6) is -0.187. The van der Waals surface area contributed by atoms with Crippen LogP contribution in [-0.4, -0.2) is 61.8 Å². The van der Waals surface area contributed by atoms with Crippen molar-refractivity contribution < 1.29 is 18.8 Å². The molecule has 0 aliphatic rings. The third-order valence-corrected chi connectivity index (χ3v) is 9.27. The molecule has 2 heterocycles. The smallest absolute Gasteiger partial charge is 0.326 e. The molecule has 1 aromatic carbocycles. The van der Waals surface area contributed by atoms with Crippen LogP contribution in [0, 0.1) is 0 Å². The lowest BCUT2D eigenvalue weighted by Crippen LogP contribution is -2.49. The van der Waals surface area contributed by atoms with Gasteiger partial charge < -0.3 is 19.8 Å². The summed E-state index contributed by atoms with van der Waals surface area (Å²) < 4.78 is 29.6. The molecule has 0 fully saturated rings. The number of aromatic nitrogens is 4. The molecule has 0 saturated heterocycles. The fraction of sp³-hybridized carbons (Fsp3) is 0.520. The van der Waals surface area contributed by atoms with E-state index in [1.165, 1.54) is 6.33 Å². The van der Waals surface area contributed by atoms with Crippen LogP contribution in [0.2, 0.25) is 5.02 Å². The Morgan fingerprint density at radius 3 is 2.58 bits per heavy atom. The van der Waals surface area contributed by atoms with Crippen LogP contribution in [0.15, 0.2) is 36.9 Å². The highest BCUT2D eigenvalue weighted by Gasteiger charge is 2.41. The first-order valence-corrected chi connectivity index (χ1v) is 14.7. The maximum absolute atomic E-state index is 14.6. The molecule has 0 bridgehead atoms. The van der Waals surface area contributed by atoms with E-state index in [2.05, 4.69) is 20.0 Å². The zero-order valence-electron chi connectivity index (χ0n) is 22.7. The van der Waals surface area contributed by atoms with Crippen molar-refractivity contribution in [3.8, 4) is 0 Å². The molecule has 38 heavy (non-hydrogen) atoms. The number of ether oxygens (including phenoxy) is 2. The minimum atomic E-state index is -3.49. The number of halogens is 1. The summed E-state index contributed by atoms with van der Waals surface area (Å²) in [5, 5.41) is 3.70. The van der Waals surface area contributed by atoms with E-state index < -0.39 is 19.0 Å². The number of imidazole rings is 1. The second-order valence-electron chi connectivity index (χ2n) is 9.81. The van der Waals surface area contributed by atoms with Crippen molar-refractivity contribution >= 4 is 42.0 Å². The molecular weight excluding hydrogens is 529 g/mol. The monoisotopic (exact) mass is 565 g/mol. The first-order chi connectivity index (χ1) is 17.9. The van der Waals surface area contributed by atoms with Gasteiger partial charge in [0.05, 0.1) is 25.6 Å². The van der Waals surface area contributed by atoms with E-state index in [9.17, 15) is 9.36 Å². The van der Waals surface area contributed by atoms with Gasteiger partial charge in [0.1, 0.15) is 23.7 Å². The highest BCUT2D eigenvalue weighted by molar-refractivity contribution is 7.59. The van der Waals surface area contributed by atoms with Crippen molar-refractivity contribution in [2.24, 2.45) is 0 Å². The molecule has 2 aromatic heterocycles. The number of nitrogens with two attached hydrogens (primary N) is 1. The van der Waals surface area contributed by atoms with Gasteiger partial charge >= 0.3 is 5.97 Å². The van der Waals surface area contributed by atoms with Crippen LogP contribution in [0.25, 0.3) is 11.2 Å². The third kappa shape index (κ3) is 7.09. The minimum Gasteiger partial charge on any atom is -0.464 e. The molecule has 0 spiro atoms. The minimum absolute atomic E-state index is 0.156. The second-order valence-corrected chi connectivity index (χ2v) is 12.8.